The van der Waals surface area contributed by atoms with Crippen molar-refractivity contribution in [2.75, 3.05) is 18.1 Å². The molecule has 0 aromatic rings. The summed E-state index contributed by atoms with van der Waals surface area (Å²) in [5.41, 5.74) is 0. The van der Waals surface area contributed by atoms with Gasteiger partial charge in [0.1, 0.15) is 6.04 Å². The molecule has 0 radical (unpaired) electrons. The van der Waals surface area contributed by atoms with Gasteiger partial charge in [-0.1, -0.05) is 20.8 Å². The van der Waals surface area contributed by atoms with Gasteiger partial charge >= 0.3 is 12.0 Å². The van der Waals surface area contributed by atoms with E-state index in [9.17, 15) is 13.8 Å². The molecule has 0 aromatic carbocycles. The highest BCUT2D eigenvalue weighted by Crippen LogP contribution is 2.00. The Kier molecular flexibility index (Phi) is 7.53. The molecule has 0 bridgehead atoms. The van der Waals surface area contributed by atoms with E-state index in [0.29, 0.717) is 11.5 Å². The average molecular weight is 264 g/mol. The summed E-state index contributed by atoms with van der Waals surface area (Å²) in [4.78, 5) is 22.2. The Morgan fingerprint density at radius 3 is 2.35 bits per heavy atom. The third-order valence-electron chi connectivity index (χ3n) is 2.16. The first-order valence-electron chi connectivity index (χ1n) is 5.50. The molecular weight excluding hydrogens is 244 g/mol. The van der Waals surface area contributed by atoms with E-state index in [2.05, 4.69) is 10.6 Å². The number of rotatable bonds is 7. The van der Waals surface area contributed by atoms with Gasteiger partial charge in [0.15, 0.2) is 0 Å². The number of aliphatic carboxylic acids is 1. The highest BCUT2D eigenvalue weighted by atomic mass is 32.2. The van der Waals surface area contributed by atoms with Gasteiger partial charge in [0.2, 0.25) is 0 Å². The molecule has 3 N–H and O–H groups in total. The van der Waals surface area contributed by atoms with E-state index in [0.717, 1.165) is 0 Å². The van der Waals surface area contributed by atoms with Crippen molar-refractivity contribution >= 4 is 22.8 Å². The lowest BCUT2D eigenvalue weighted by atomic mass is 10.1. The van der Waals surface area contributed by atoms with Gasteiger partial charge in [0.05, 0.1) is 0 Å². The Morgan fingerprint density at radius 1 is 1.35 bits per heavy atom. The Bertz CT molecular complexity index is 294. The van der Waals surface area contributed by atoms with Gasteiger partial charge < -0.3 is 15.7 Å². The number of urea groups is 1. The largest absolute Gasteiger partial charge is 0.480 e. The quantitative estimate of drug-likeness (QED) is 0.610. The molecule has 0 saturated carbocycles. The van der Waals surface area contributed by atoms with E-state index < -0.39 is 28.8 Å². The Balaban J connectivity index is 3.99. The van der Waals surface area contributed by atoms with Gasteiger partial charge in [0.25, 0.3) is 0 Å². The van der Waals surface area contributed by atoms with Crippen molar-refractivity contribution in [3.63, 3.8) is 0 Å². The third kappa shape index (κ3) is 6.93. The van der Waals surface area contributed by atoms with Crippen molar-refractivity contribution in [3.8, 4) is 0 Å². The van der Waals surface area contributed by atoms with Gasteiger partial charge in [-0.15, -0.1) is 0 Å². The minimum absolute atomic E-state index is 0.192. The minimum atomic E-state index is -1.06. The van der Waals surface area contributed by atoms with Gasteiger partial charge in [-0.25, -0.2) is 9.59 Å². The van der Waals surface area contributed by atoms with Crippen LogP contribution in [0.15, 0.2) is 0 Å². The number of carbonyl (C=O) groups excluding carboxylic acids is 1. The second-order valence-corrected chi connectivity index (χ2v) is 5.76. The summed E-state index contributed by atoms with van der Waals surface area (Å²) in [5.74, 6) is -0.327. The van der Waals surface area contributed by atoms with Gasteiger partial charge in [-0.3, -0.25) is 4.21 Å². The van der Waals surface area contributed by atoms with E-state index in [1.807, 2.05) is 0 Å². The van der Waals surface area contributed by atoms with Crippen LogP contribution < -0.4 is 10.6 Å². The van der Waals surface area contributed by atoms with Crippen LogP contribution in [0.1, 0.15) is 20.8 Å². The first-order chi connectivity index (χ1) is 7.88. The number of amides is 2. The van der Waals surface area contributed by atoms with Crippen LogP contribution in [0, 0.1) is 5.92 Å². The van der Waals surface area contributed by atoms with Crippen LogP contribution in [0.3, 0.4) is 0 Å². The van der Waals surface area contributed by atoms with Crippen molar-refractivity contribution in [1.82, 2.24) is 10.6 Å². The molecule has 100 valence electrons. The molecule has 6 nitrogen and oxygen atoms in total. The van der Waals surface area contributed by atoms with E-state index in [1.54, 1.807) is 20.8 Å². The fraction of sp³-hybridized carbons (Fsp3) is 0.800. The summed E-state index contributed by atoms with van der Waals surface area (Å²) < 4.78 is 11.1. The molecule has 2 amide bonds. The molecule has 0 fully saturated rings. The maximum Gasteiger partial charge on any atom is 0.326 e. The zero-order valence-electron chi connectivity index (χ0n) is 10.4. The first-order valence-corrected chi connectivity index (χ1v) is 6.99. The van der Waals surface area contributed by atoms with Crippen molar-refractivity contribution in [1.29, 1.82) is 0 Å². The van der Waals surface area contributed by atoms with Crippen LogP contribution in [0.4, 0.5) is 4.79 Å². The van der Waals surface area contributed by atoms with Gasteiger partial charge in [0, 0.05) is 28.9 Å². The lowest BCUT2D eigenvalue weighted by molar-refractivity contribution is -0.140. The Labute approximate surface area is 104 Å². The molecule has 0 aliphatic rings. The van der Waals surface area contributed by atoms with Crippen LogP contribution >= 0.6 is 0 Å². The second kappa shape index (κ2) is 8.05. The number of carbonyl (C=O) groups is 2. The average Bonchev–Trinajstić information content (AvgIpc) is 2.24. The molecule has 0 heterocycles. The van der Waals surface area contributed by atoms with Gasteiger partial charge in [-0.05, 0) is 5.92 Å². The Morgan fingerprint density at radius 2 is 1.94 bits per heavy atom. The van der Waals surface area contributed by atoms with Crippen molar-refractivity contribution in [3.05, 3.63) is 0 Å². The predicted octanol–water partition coefficient (Wildman–Crippen LogP) is 0.163. The molecule has 0 aliphatic carbocycles. The summed E-state index contributed by atoms with van der Waals surface area (Å²) in [5, 5.41) is 13.7. The summed E-state index contributed by atoms with van der Waals surface area (Å²) in [6, 6.07) is -1.45. The second-order valence-electron chi connectivity index (χ2n) is 3.89. The molecule has 0 aliphatic heterocycles. The van der Waals surface area contributed by atoms with Crippen molar-refractivity contribution in [2.24, 2.45) is 5.92 Å². The lowest BCUT2D eigenvalue weighted by Crippen LogP contribution is -2.49. The SMILES string of the molecule is CCS(=O)CCNC(=O)N[C@@H](C(=O)O)C(C)C. The van der Waals surface area contributed by atoms with Crippen LogP contribution in [0.25, 0.3) is 0 Å². The fourth-order valence-electron chi connectivity index (χ4n) is 1.13. The molecule has 0 aromatic heterocycles. The molecule has 0 rings (SSSR count). The van der Waals surface area contributed by atoms with Crippen LogP contribution in [0.5, 0.6) is 0 Å². The third-order valence-corrected chi connectivity index (χ3v) is 3.46. The number of nitrogens with one attached hydrogen (secondary N) is 2. The molecule has 2 atom stereocenters. The molecule has 17 heavy (non-hydrogen) atoms. The molecule has 1 unspecified atom stereocenters. The standard InChI is InChI=1S/C10H20N2O4S/c1-4-17(16)6-5-11-10(15)12-8(7(2)3)9(13)14/h7-8H,4-6H2,1-3H3,(H,13,14)(H2,11,12,15)/t8-,17?/m1/s1. The van der Waals surface area contributed by atoms with E-state index in [-0.39, 0.29) is 12.5 Å². The first kappa shape index (κ1) is 15.9. The number of hydrogen-bond acceptors (Lipinski definition) is 3. The van der Waals surface area contributed by atoms with E-state index >= 15 is 0 Å². The van der Waals surface area contributed by atoms with Crippen molar-refractivity contribution < 1.29 is 18.9 Å². The smallest absolute Gasteiger partial charge is 0.326 e. The van der Waals surface area contributed by atoms with Crippen LogP contribution in [-0.4, -0.2) is 45.4 Å². The minimum Gasteiger partial charge on any atom is -0.480 e. The van der Waals surface area contributed by atoms with Crippen LogP contribution in [-0.2, 0) is 15.6 Å². The zero-order chi connectivity index (χ0) is 13.4. The van der Waals surface area contributed by atoms with Crippen molar-refractivity contribution in [2.45, 2.75) is 26.8 Å². The molecule has 7 heteroatoms. The van der Waals surface area contributed by atoms with E-state index in [4.69, 9.17) is 5.11 Å². The number of carboxylic acids is 1. The summed E-state index contributed by atoms with van der Waals surface area (Å²) in [6.45, 7) is 5.50. The number of hydrogen-bond donors (Lipinski definition) is 3. The summed E-state index contributed by atoms with van der Waals surface area (Å²) in [7, 11) is -0.932. The van der Waals surface area contributed by atoms with Gasteiger partial charge in [-0.2, -0.15) is 0 Å². The Hall–Kier alpha value is -1.11. The normalized spacial score (nSPS) is 14.1. The van der Waals surface area contributed by atoms with E-state index in [1.165, 1.54) is 0 Å². The predicted molar refractivity (Wildman–Crippen MR) is 66.3 cm³/mol. The fourth-order valence-corrected chi connectivity index (χ4v) is 1.75. The molecule has 0 spiro atoms. The van der Waals surface area contributed by atoms with Crippen LogP contribution in [0.2, 0.25) is 0 Å². The lowest BCUT2D eigenvalue weighted by Gasteiger charge is -2.18. The summed E-state index contributed by atoms with van der Waals surface area (Å²) in [6.07, 6.45) is 0. The molecule has 0 saturated heterocycles. The zero-order valence-corrected chi connectivity index (χ0v) is 11.2. The topological polar surface area (TPSA) is 95.5 Å². The maximum atomic E-state index is 11.3. The highest BCUT2D eigenvalue weighted by Gasteiger charge is 2.22. The number of carboxylic acid groups (broad SMARTS) is 1. The maximum absolute atomic E-state index is 11.3. The molecular formula is C10H20N2O4S. The monoisotopic (exact) mass is 264 g/mol. The summed E-state index contributed by atoms with van der Waals surface area (Å²) >= 11 is 0. The highest BCUT2D eigenvalue weighted by molar-refractivity contribution is 7.84.